The highest BCUT2D eigenvalue weighted by Crippen LogP contribution is 2.16. The highest BCUT2D eigenvalue weighted by Gasteiger charge is 2.20. The maximum absolute atomic E-state index is 11.5. The number of rotatable bonds is 3. The van der Waals surface area contributed by atoms with Crippen molar-refractivity contribution >= 4 is 17.1 Å². The van der Waals surface area contributed by atoms with Gasteiger partial charge in [-0.25, -0.2) is 9.97 Å². The number of nitrogens with one attached hydrogen (secondary N) is 1. The molecule has 0 aliphatic carbocycles. The van der Waals surface area contributed by atoms with Crippen LogP contribution in [0.3, 0.4) is 0 Å². The van der Waals surface area contributed by atoms with Gasteiger partial charge in [-0.2, -0.15) is 0 Å². The minimum absolute atomic E-state index is 0.276. The van der Waals surface area contributed by atoms with Gasteiger partial charge in [0.2, 0.25) is 0 Å². The van der Waals surface area contributed by atoms with E-state index < -0.39 is 5.92 Å². The predicted octanol–water partition coefficient (Wildman–Crippen LogP) is 1.62. The van der Waals surface area contributed by atoms with Crippen LogP contribution < -0.4 is 0 Å². The third kappa shape index (κ3) is 1.88. The van der Waals surface area contributed by atoms with Gasteiger partial charge in [-0.15, -0.1) is 0 Å². The van der Waals surface area contributed by atoms with E-state index in [2.05, 4.69) is 15.0 Å². The topological polar surface area (TPSA) is 67.9 Å². The summed E-state index contributed by atoms with van der Waals surface area (Å²) in [6, 6.07) is 3.69. The second kappa shape index (κ2) is 4.30. The van der Waals surface area contributed by atoms with Gasteiger partial charge >= 0.3 is 5.97 Å². The van der Waals surface area contributed by atoms with Crippen LogP contribution in [0.15, 0.2) is 18.3 Å². The van der Waals surface area contributed by atoms with E-state index in [0.717, 1.165) is 5.52 Å². The lowest BCUT2D eigenvalue weighted by atomic mass is 10.2. The zero-order valence-corrected chi connectivity index (χ0v) is 9.23. The summed E-state index contributed by atoms with van der Waals surface area (Å²) in [6.07, 6.45) is 1.67. The predicted molar refractivity (Wildman–Crippen MR) is 58.9 cm³/mol. The molecule has 0 saturated heterocycles. The largest absolute Gasteiger partial charge is 0.465 e. The van der Waals surface area contributed by atoms with Gasteiger partial charge in [-0.3, -0.25) is 4.79 Å². The van der Waals surface area contributed by atoms with Crippen molar-refractivity contribution in [2.75, 3.05) is 6.61 Å². The van der Waals surface area contributed by atoms with E-state index in [0.29, 0.717) is 18.1 Å². The van der Waals surface area contributed by atoms with E-state index in [1.807, 2.05) is 12.1 Å². The van der Waals surface area contributed by atoms with Crippen LogP contribution in [0.1, 0.15) is 25.6 Å². The maximum Gasteiger partial charge on any atom is 0.316 e. The third-order valence-corrected chi connectivity index (χ3v) is 2.33. The van der Waals surface area contributed by atoms with Crippen molar-refractivity contribution < 1.29 is 9.53 Å². The molecular weight excluding hydrogens is 206 g/mol. The van der Waals surface area contributed by atoms with Gasteiger partial charge in [0, 0.05) is 6.20 Å². The first-order valence-electron chi connectivity index (χ1n) is 5.19. The van der Waals surface area contributed by atoms with Crippen LogP contribution in [0, 0.1) is 0 Å². The third-order valence-electron chi connectivity index (χ3n) is 2.33. The molecule has 0 fully saturated rings. The van der Waals surface area contributed by atoms with E-state index in [4.69, 9.17) is 4.74 Å². The van der Waals surface area contributed by atoms with Crippen molar-refractivity contribution in [2.45, 2.75) is 19.8 Å². The number of aromatic amines is 1. The number of ether oxygens (including phenoxy) is 1. The van der Waals surface area contributed by atoms with Gasteiger partial charge in [0.05, 0.1) is 12.1 Å². The number of H-pyrrole nitrogens is 1. The van der Waals surface area contributed by atoms with Crippen LogP contribution in [-0.4, -0.2) is 27.5 Å². The molecule has 1 N–H and O–H groups in total. The smallest absolute Gasteiger partial charge is 0.316 e. The molecule has 2 aromatic rings. The fourth-order valence-electron chi connectivity index (χ4n) is 1.45. The summed E-state index contributed by atoms with van der Waals surface area (Å²) >= 11 is 0. The molecule has 0 aliphatic rings. The second-order valence-electron chi connectivity index (χ2n) is 3.47. The van der Waals surface area contributed by atoms with Gasteiger partial charge in [0.15, 0.2) is 5.65 Å². The van der Waals surface area contributed by atoms with Gasteiger partial charge in [-0.1, -0.05) is 0 Å². The van der Waals surface area contributed by atoms with Gasteiger partial charge in [0.1, 0.15) is 11.7 Å². The maximum atomic E-state index is 11.5. The molecular formula is C11H13N3O2. The Hall–Kier alpha value is -1.91. The number of hydrogen-bond acceptors (Lipinski definition) is 4. The summed E-state index contributed by atoms with van der Waals surface area (Å²) in [5.41, 5.74) is 1.45. The number of carbonyl (C=O) groups excluding carboxylic acids is 1. The molecule has 1 atom stereocenters. The number of carbonyl (C=O) groups is 1. The van der Waals surface area contributed by atoms with Crippen molar-refractivity contribution in [1.29, 1.82) is 0 Å². The zero-order chi connectivity index (χ0) is 11.5. The molecule has 0 radical (unpaired) electrons. The van der Waals surface area contributed by atoms with Crippen molar-refractivity contribution in [3.05, 3.63) is 24.2 Å². The van der Waals surface area contributed by atoms with Crippen molar-refractivity contribution in [3.63, 3.8) is 0 Å². The summed E-state index contributed by atoms with van der Waals surface area (Å²) in [7, 11) is 0. The Balaban J connectivity index is 2.29. The van der Waals surface area contributed by atoms with E-state index in [-0.39, 0.29) is 5.97 Å². The van der Waals surface area contributed by atoms with E-state index in [1.54, 1.807) is 20.0 Å². The van der Waals surface area contributed by atoms with Crippen LogP contribution in [0.2, 0.25) is 0 Å². The van der Waals surface area contributed by atoms with Crippen LogP contribution in [0.25, 0.3) is 11.2 Å². The summed E-state index contributed by atoms with van der Waals surface area (Å²) < 4.78 is 4.93. The van der Waals surface area contributed by atoms with Crippen LogP contribution in [0.4, 0.5) is 0 Å². The molecule has 0 aliphatic heterocycles. The molecule has 16 heavy (non-hydrogen) atoms. The number of hydrogen-bond donors (Lipinski definition) is 1. The van der Waals surface area contributed by atoms with Gasteiger partial charge < -0.3 is 9.72 Å². The lowest BCUT2D eigenvalue weighted by Crippen LogP contribution is -2.14. The number of aromatic nitrogens is 3. The Morgan fingerprint density at radius 3 is 3.12 bits per heavy atom. The highest BCUT2D eigenvalue weighted by atomic mass is 16.5. The number of pyridine rings is 1. The Morgan fingerprint density at radius 2 is 2.44 bits per heavy atom. The summed E-state index contributed by atoms with van der Waals surface area (Å²) in [5.74, 6) is -0.0807. The van der Waals surface area contributed by atoms with Crippen molar-refractivity contribution in [3.8, 4) is 0 Å². The summed E-state index contributed by atoms with van der Waals surface area (Å²) in [6.45, 7) is 3.92. The average molecular weight is 219 g/mol. The Morgan fingerprint density at radius 1 is 1.62 bits per heavy atom. The molecule has 0 aromatic carbocycles. The number of imidazole rings is 1. The molecule has 2 rings (SSSR count). The number of nitrogens with zero attached hydrogens (tertiary/aromatic N) is 2. The van der Waals surface area contributed by atoms with Gasteiger partial charge in [0.25, 0.3) is 0 Å². The molecule has 1 unspecified atom stereocenters. The monoisotopic (exact) mass is 219 g/mol. The van der Waals surface area contributed by atoms with Crippen molar-refractivity contribution in [1.82, 2.24) is 15.0 Å². The Kier molecular flexibility index (Phi) is 2.85. The molecule has 0 saturated carbocycles. The van der Waals surface area contributed by atoms with E-state index in [1.165, 1.54) is 0 Å². The quantitative estimate of drug-likeness (QED) is 0.796. The summed E-state index contributed by atoms with van der Waals surface area (Å²) in [5, 5.41) is 0. The first kappa shape index (κ1) is 10.6. The molecule has 5 nitrogen and oxygen atoms in total. The molecule has 5 heteroatoms. The van der Waals surface area contributed by atoms with Crippen LogP contribution >= 0.6 is 0 Å². The summed E-state index contributed by atoms with van der Waals surface area (Å²) in [4.78, 5) is 22.9. The molecule has 0 bridgehead atoms. The minimum atomic E-state index is -0.394. The second-order valence-corrected chi connectivity index (χ2v) is 3.47. The average Bonchev–Trinajstić information content (AvgIpc) is 2.71. The zero-order valence-electron chi connectivity index (χ0n) is 9.23. The number of esters is 1. The molecule has 84 valence electrons. The lowest BCUT2D eigenvalue weighted by molar-refractivity contribution is -0.144. The first-order valence-corrected chi connectivity index (χ1v) is 5.19. The van der Waals surface area contributed by atoms with Gasteiger partial charge in [-0.05, 0) is 26.0 Å². The minimum Gasteiger partial charge on any atom is -0.465 e. The lowest BCUT2D eigenvalue weighted by Gasteiger charge is -2.06. The Labute approximate surface area is 92.9 Å². The van der Waals surface area contributed by atoms with Crippen LogP contribution in [0.5, 0.6) is 0 Å². The highest BCUT2D eigenvalue weighted by molar-refractivity contribution is 5.78. The fraction of sp³-hybridized carbons (Fsp3) is 0.364. The van der Waals surface area contributed by atoms with Crippen molar-refractivity contribution in [2.24, 2.45) is 0 Å². The molecule has 0 spiro atoms. The molecule has 2 aromatic heterocycles. The SMILES string of the molecule is CCOC(=O)C(C)c1nc2ncccc2[nH]1. The molecule has 0 amide bonds. The normalized spacial score (nSPS) is 12.6. The standard InChI is InChI=1S/C11H13N3O2/c1-3-16-11(15)7(2)9-13-8-5-4-6-12-10(8)14-9/h4-7H,3H2,1-2H3,(H,12,13,14). The first-order chi connectivity index (χ1) is 7.72. The van der Waals surface area contributed by atoms with Crippen LogP contribution in [-0.2, 0) is 9.53 Å². The molecule has 2 heterocycles. The van der Waals surface area contributed by atoms with E-state index in [9.17, 15) is 4.79 Å². The fourth-order valence-corrected chi connectivity index (χ4v) is 1.45. The van der Waals surface area contributed by atoms with E-state index >= 15 is 0 Å². The number of fused-ring (bicyclic) bond motifs is 1. The Bertz CT molecular complexity index is 474.